The summed E-state index contributed by atoms with van der Waals surface area (Å²) in [6, 6.07) is 18.2. The number of ether oxygens (including phenoxy) is 1. The van der Waals surface area contributed by atoms with E-state index in [0.717, 1.165) is 44.2 Å². The van der Waals surface area contributed by atoms with E-state index >= 15 is 0 Å². The first kappa shape index (κ1) is 17.5. The van der Waals surface area contributed by atoms with Crippen LogP contribution in [0.1, 0.15) is 5.56 Å². The highest BCUT2D eigenvalue weighted by Gasteiger charge is 2.12. The Kier molecular flexibility index (Phi) is 6.04. The zero-order valence-electron chi connectivity index (χ0n) is 14.6. The van der Waals surface area contributed by atoms with E-state index in [9.17, 15) is 4.79 Å². The van der Waals surface area contributed by atoms with E-state index in [4.69, 9.17) is 4.74 Å². The summed E-state index contributed by atoms with van der Waals surface area (Å²) in [4.78, 5) is 16.6. The molecule has 1 heterocycles. The summed E-state index contributed by atoms with van der Waals surface area (Å²) in [7, 11) is 1.96. The van der Waals surface area contributed by atoms with Gasteiger partial charge in [-0.3, -0.25) is 9.69 Å². The highest BCUT2D eigenvalue weighted by molar-refractivity contribution is 5.92. The fourth-order valence-corrected chi connectivity index (χ4v) is 3.00. The molecule has 1 amide bonds. The number of hydrogen-bond donors (Lipinski definition) is 1. The van der Waals surface area contributed by atoms with Crippen molar-refractivity contribution >= 4 is 17.3 Å². The lowest BCUT2D eigenvalue weighted by atomic mass is 10.2. The van der Waals surface area contributed by atoms with Gasteiger partial charge in [-0.2, -0.15) is 0 Å². The van der Waals surface area contributed by atoms with Crippen molar-refractivity contribution in [2.45, 2.75) is 6.54 Å². The van der Waals surface area contributed by atoms with Crippen LogP contribution in [0.15, 0.2) is 54.6 Å². The highest BCUT2D eigenvalue weighted by Crippen LogP contribution is 2.20. The molecule has 0 aliphatic carbocycles. The second-order valence-electron chi connectivity index (χ2n) is 6.36. The molecule has 0 bridgehead atoms. The Balaban J connectivity index is 1.53. The summed E-state index contributed by atoms with van der Waals surface area (Å²) >= 11 is 0. The molecule has 0 unspecified atom stereocenters. The number of nitrogens with zero attached hydrogens (tertiary/aromatic N) is 2. The topological polar surface area (TPSA) is 44.8 Å². The van der Waals surface area contributed by atoms with E-state index in [1.165, 1.54) is 5.56 Å². The monoisotopic (exact) mass is 339 g/mol. The van der Waals surface area contributed by atoms with Crippen LogP contribution in [0.4, 0.5) is 11.4 Å². The van der Waals surface area contributed by atoms with E-state index in [0.29, 0.717) is 6.54 Å². The molecule has 5 nitrogen and oxygen atoms in total. The Morgan fingerprint density at radius 3 is 2.64 bits per heavy atom. The van der Waals surface area contributed by atoms with Gasteiger partial charge in [0.05, 0.1) is 19.8 Å². The number of benzene rings is 2. The molecule has 3 rings (SSSR count). The number of nitrogens with one attached hydrogen (secondary N) is 1. The molecule has 1 aliphatic heterocycles. The molecule has 2 aromatic carbocycles. The van der Waals surface area contributed by atoms with Gasteiger partial charge >= 0.3 is 0 Å². The summed E-state index contributed by atoms with van der Waals surface area (Å²) < 4.78 is 5.39. The molecule has 0 atom stereocenters. The first-order valence-electron chi connectivity index (χ1n) is 8.66. The first-order valence-corrected chi connectivity index (χ1v) is 8.66. The number of hydrogen-bond acceptors (Lipinski definition) is 4. The Morgan fingerprint density at radius 2 is 1.88 bits per heavy atom. The van der Waals surface area contributed by atoms with Gasteiger partial charge in [0.2, 0.25) is 5.91 Å². The van der Waals surface area contributed by atoms with Crippen LogP contribution in [0.3, 0.4) is 0 Å². The van der Waals surface area contributed by atoms with Gasteiger partial charge in [0.25, 0.3) is 0 Å². The van der Waals surface area contributed by atoms with Crippen molar-refractivity contribution in [2.75, 3.05) is 50.1 Å². The third-order valence-corrected chi connectivity index (χ3v) is 4.21. The second kappa shape index (κ2) is 8.65. The predicted molar refractivity (Wildman–Crippen MR) is 101 cm³/mol. The molecular weight excluding hydrogens is 314 g/mol. The number of morpholine rings is 1. The lowest BCUT2D eigenvalue weighted by Gasteiger charge is -2.29. The zero-order valence-corrected chi connectivity index (χ0v) is 14.6. The van der Waals surface area contributed by atoms with Crippen molar-refractivity contribution in [1.29, 1.82) is 0 Å². The molecule has 1 fully saturated rings. The molecule has 2 aromatic rings. The number of carbonyl (C=O) groups excluding carboxylic acids is 1. The van der Waals surface area contributed by atoms with Crippen LogP contribution in [0.25, 0.3) is 0 Å². The molecule has 5 heteroatoms. The van der Waals surface area contributed by atoms with Crippen LogP contribution in [-0.2, 0) is 16.1 Å². The molecule has 0 spiro atoms. The van der Waals surface area contributed by atoms with Crippen molar-refractivity contribution in [2.24, 2.45) is 0 Å². The van der Waals surface area contributed by atoms with Crippen molar-refractivity contribution in [1.82, 2.24) is 4.90 Å². The van der Waals surface area contributed by atoms with Crippen LogP contribution < -0.4 is 10.2 Å². The Bertz CT molecular complexity index is 684. The van der Waals surface area contributed by atoms with Gasteiger partial charge in [-0.05, 0) is 30.8 Å². The molecule has 25 heavy (non-hydrogen) atoms. The summed E-state index contributed by atoms with van der Waals surface area (Å²) in [6.45, 7) is 4.38. The zero-order chi connectivity index (χ0) is 17.5. The summed E-state index contributed by atoms with van der Waals surface area (Å²) in [6.07, 6.45) is 0. The molecule has 1 N–H and O–H groups in total. The lowest BCUT2D eigenvalue weighted by molar-refractivity contribution is -0.117. The van der Waals surface area contributed by atoms with Crippen molar-refractivity contribution in [3.63, 3.8) is 0 Å². The van der Waals surface area contributed by atoms with E-state index in [2.05, 4.69) is 28.4 Å². The van der Waals surface area contributed by atoms with E-state index in [1.807, 2.05) is 48.3 Å². The molecule has 0 saturated carbocycles. The van der Waals surface area contributed by atoms with Gasteiger partial charge < -0.3 is 15.0 Å². The Morgan fingerprint density at radius 1 is 1.12 bits per heavy atom. The largest absolute Gasteiger partial charge is 0.378 e. The van der Waals surface area contributed by atoms with Gasteiger partial charge in [-0.1, -0.05) is 36.4 Å². The average molecular weight is 339 g/mol. The lowest BCUT2D eigenvalue weighted by Crippen LogP contribution is -2.36. The van der Waals surface area contributed by atoms with Crippen LogP contribution in [0.5, 0.6) is 0 Å². The third kappa shape index (κ3) is 5.31. The maximum Gasteiger partial charge on any atom is 0.238 e. The fourth-order valence-electron chi connectivity index (χ4n) is 3.00. The summed E-state index contributed by atoms with van der Waals surface area (Å²) in [5.41, 5.74) is 3.16. The predicted octanol–water partition coefficient (Wildman–Crippen LogP) is 2.59. The first-order chi connectivity index (χ1) is 12.2. The highest BCUT2D eigenvalue weighted by atomic mass is 16.5. The molecule has 132 valence electrons. The maximum atomic E-state index is 12.3. The van der Waals surface area contributed by atoms with Crippen LogP contribution in [-0.4, -0.2) is 50.7 Å². The van der Waals surface area contributed by atoms with Crippen molar-refractivity contribution in [3.8, 4) is 0 Å². The normalized spacial score (nSPS) is 14.6. The van der Waals surface area contributed by atoms with Gasteiger partial charge in [0.1, 0.15) is 0 Å². The van der Waals surface area contributed by atoms with Gasteiger partial charge in [0, 0.05) is 31.0 Å². The number of likely N-dealkylation sites (N-methyl/N-ethyl adjacent to an activating group) is 1. The quantitative estimate of drug-likeness (QED) is 0.879. The SMILES string of the molecule is CN(CC(=O)Nc1cccc(N2CCOCC2)c1)Cc1ccccc1. The molecular formula is C20H25N3O2. The number of rotatable bonds is 6. The minimum atomic E-state index is -0.00226. The fraction of sp³-hybridized carbons (Fsp3) is 0.350. The smallest absolute Gasteiger partial charge is 0.238 e. The standard InChI is InChI=1S/C20H25N3O2/c1-22(15-17-6-3-2-4-7-17)16-20(24)21-18-8-5-9-19(14-18)23-10-12-25-13-11-23/h2-9,14H,10-13,15-16H2,1H3,(H,21,24). The molecule has 0 radical (unpaired) electrons. The van der Waals surface area contributed by atoms with Crippen LogP contribution >= 0.6 is 0 Å². The molecule has 1 aliphatic rings. The minimum Gasteiger partial charge on any atom is -0.378 e. The third-order valence-electron chi connectivity index (χ3n) is 4.21. The van der Waals surface area contributed by atoms with Crippen molar-refractivity contribution < 1.29 is 9.53 Å². The van der Waals surface area contributed by atoms with Gasteiger partial charge in [0.15, 0.2) is 0 Å². The van der Waals surface area contributed by atoms with Gasteiger partial charge in [-0.25, -0.2) is 0 Å². The second-order valence-corrected chi connectivity index (χ2v) is 6.36. The molecule has 0 aromatic heterocycles. The van der Waals surface area contributed by atoms with Crippen molar-refractivity contribution in [3.05, 3.63) is 60.2 Å². The van der Waals surface area contributed by atoms with Crippen LogP contribution in [0.2, 0.25) is 0 Å². The van der Waals surface area contributed by atoms with Gasteiger partial charge in [-0.15, -0.1) is 0 Å². The summed E-state index contributed by atoms with van der Waals surface area (Å²) in [5.74, 6) is -0.00226. The van der Waals surface area contributed by atoms with E-state index in [-0.39, 0.29) is 5.91 Å². The number of amides is 1. The maximum absolute atomic E-state index is 12.3. The van der Waals surface area contributed by atoms with E-state index < -0.39 is 0 Å². The van der Waals surface area contributed by atoms with Crippen LogP contribution in [0, 0.1) is 0 Å². The number of carbonyl (C=O) groups is 1. The number of anilines is 2. The van der Waals surface area contributed by atoms with E-state index in [1.54, 1.807) is 0 Å². The summed E-state index contributed by atoms with van der Waals surface area (Å²) in [5, 5.41) is 3.00. The Labute approximate surface area is 149 Å². The Hall–Kier alpha value is -2.37. The minimum absolute atomic E-state index is 0.00226. The molecule has 1 saturated heterocycles. The average Bonchev–Trinajstić information content (AvgIpc) is 2.63.